The third kappa shape index (κ3) is 4.29. The van der Waals surface area contributed by atoms with Crippen LogP contribution < -0.4 is 5.32 Å². The van der Waals surface area contributed by atoms with Gasteiger partial charge in [0.25, 0.3) is 5.91 Å². The number of carbonyl (C=O) groups is 2. The van der Waals surface area contributed by atoms with Crippen LogP contribution in [0.2, 0.25) is 0 Å². The zero-order valence-electron chi connectivity index (χ0n) is 16.4. The summed E-state index contributed by atoms with van der Waals surface area (Å²) >= 11 is 1.68. The lowest BCUT2D eigenvalue weighted by molar-refractivity contribution is -0.116. The Bertz CT molecular complexity index is 1020. The van der Waals surface area contributed by atoms with Gasteiger partial charge in [-0.15, -0.1) is 0 Å². The number of fused-ring (bicyclic) bond motifs is 1. The number of hydrogen-bond acceptors (Lipinski definition) is 4. The molecule has 2 heterocycles. The fourth-order valence-electron chi connectivity index (χ4n) is 3.68. The molecule has 0 radical (unpaired) electrons. The molecule has 0 saturated carbocycles. The first-order valence-corrected chi connectivity index (χ1v) is 11.2. The molecule has 1 N–H and O–H groups in total. The van der Waals surface area contributed by atoms with Crippen LogP contribution in [0.3, 0.4) is 0 Å². The predicted molar refractivity (Wildman–Crippen MR) is 117 cm³/mol. The van der Waals surface area contributed by atoms with Gasteiger partial charge in [-0.3, -0.25) is 9.59 Å². The van der Waals surface area contributed by atoms with Gasteiger partial charge in [-0.2, -0.15) is 11.8 Å². The third-order valence-electron chi connectivity index (χ3n) is 5.12. The molecule has 1 aromatic heterocycles. The molecule has 1 saturated heterocycles. The number of rotatable bonds is 6. The summed E-state index contributed by atoms with van der Waals surface area (Å²) in [5.74, 6) is 1.58. The van der Waals surface area contributed by atoms with Crippen LogP contribution in [0.15, 0.2) is 48.5 Å². The number of nitrogens with one attached hydrogen (secondary N) is 1. The summed E-state index contributed by atoms with van der Waals surface area (Å²) in [4.78, 5) is 31.6. The molecule has 0 spiro atoms. The molecule has 3 aromatic rings. The number of aromatic nitrogens is 2. The lowest BCUT2D eigenvalue weighted by atomic mass is 10.2. The maximum atomic E-state index is 12.7. The van der Waals surface area contributed by atoms with Gasteiger partial charge in [-0.05, 0) is 55.5 Å². The zero-order valence-corrected chi connectivity index (χ0v) is 17.2. The molecule has 1 aliphatic heterocycles. The van der Waals surface area contributed by atoms with Crippen LogP contribution in [0.4, 0.5) is 5.69 Å². The van der Waals surface area contributed by atoms with Gasteiger partial charge in [0.2, 0.25) is 5.91 Å². The van der Waals surface area contributed by atoms with Crippen LogP contribution in [0.5, 0.6) is 0 Å². The Balaban J connectivity index is 1.45. The van der Waals surface area contributed by atoms with E-state index in [1.807, 2.05) is 40.0 Å². The van der Waals surface area contributed by atoms with Crippen molar-refractivity contribution in [3.8, 4) is 0 Å². The summed E-state index contributed by atoms with van der Waals surface area (Å²) in [5.41, 5.74) is 3.20. The molecule has 6 nitrogen and oxygen atoms in total. The van der Waals surface area contributed by atoms with Crippen LogP contribution in [-0.2, 0) is 17.1 Å². The van der Waals surface area contributed by atoms with Crippen LogP contribution in [-0.4, -0.2) is 45.6 Å². The highest BCUT2D eigenvalue weighted by molar-refractivity contribution is 7.97. The lowest BCUT2D eigenvalue weighted by Gasteiger charge is -2.15. The lowest BCUT2D eigenvalue weighted by Crippen LogP contribution is -2.27. The number of para-hydroxylation sites is 2. The predicted octanol–water partition coefficient (Wildman–Crippen LogP) is 3.77. The Morgan fingerprint density at radius 2 is 1.79 bits per heavy atom. The molecule has 0 atom stereocenters. The molecular formula is C22H24N4O2S. The van der Waals surface area contributed by atoms with Crippen molar-refractivity contribution in [2.24, 2.45) is 0 Å². The van der Waals surface area contributed by atoms with Crippen molar-refractivity contribution in [2.75, 3.05) is 24.7 Å². The van der Waals surface area contributed by atoms with Crippen molar-refractivity contribution in [1.29, 1.82) is 0 Å². The quantitative estimate of drug-likeness (QED) is 0.674. The average Bonchev–Trinajstić information content (AvgIpc) is 3.37. The van der Waals surface area contributed by atoms with E-state index < -0.39 is 0 Å². The second kappa shape index (κ2) is 8.69. The van der Waals surface area contributed by atoms with Crippen molar-refractivity contribution in [3.05, 3.63) is 59.9 Å². The Hall–Kier alpha value is -2.80. The van der Waals surface area contributed by atoms with E-state index in [0.717, 1.165) is 48.5 Å². The van der Waals surface area contributed by atoms with Crippen LogP contribution in [0, 0.1) is 0 Å². The Labute approximate surface area is 174 Å². The van der Waals surface area contributed by atoms with Crippen molar-refractivity contribution >= 4 is 40.3 Å². The normalized spacial score (nSPS) is 13.8. The van der Waals surface area contributed by atoms with Gasteiger partial charge in [0.15, 0.2) is 0 Å². The van der Waals surface area contributed by atoms with E-state index in [4.69, 9.17) is 0 Å². The van der Waals surface area contributed by atoms with Gasteiger partial charge < -0.3 is 14.8 Å². The summed E-state index contributed by atoms with van der Waals surface area (Å²) in [5, 5.41) is 2.93. The number of anilines is 1. The Kier molecular flexibility index (Phi) is 5.85. The van der Waals surface area contributed by atoms with E-state index in [-0.39, 0.29) is 18.4 Å². The monoisotopic (exact) mass is 408 g/mol. The van der Waals surface area contributed by atoms with E-state index >= 15 is 0 Å². The average molecular weight is 409 g/mol. The van der Waals surface area contributed by atoms with Crippen molar-refractivity contribution < 1.29 is 9.59 Å². The molecule has 150 valence electrons. The zero-order chi connectivity index (χ0) is 20.2. The van der Waals surface area contributed by atoms with Gasteiger partial charge >= 0.3 is 0 Å². The number of imidazole rings is 1. The molecule has 0 aliphatic carbocycles. The van der Waals surface area contributed by atoms with Gasteiger partial charge in [0.1, 0.15) is 12.4 Å². The second-order valence-corrected chi connectivity index (χ2v) is 8.03. The molecule has 2 aromatic carbocycles. The summed E-state index contributed by atoms with van der Waals surface area (Å²) in [6.07, 6.45) is 4.16. The molecule has 7 heteroatoms. The molecule has 2 amide bonds. The molecule has 29 heavy (non-hydrogen) atoms. The summed E-state index contributed by atoms with van der Waals surface area (Å²) < 4.78 is 1.96. The van der Waals surface area contributed by atoms with Crippen molar-refractivity contribution in [1.82, 2.24) is 14.5 Å². The van der Waals surface area contributed by atoms with Crippen molar-refractivity contribution in [3.63, 3.8) is 0 Å². The van der Waals surface area contributed by atoms with E-state index in [1.54, 1.807) is 36.0 Å². The summed E-state index contributed by atoms with van der Waals surface area (Å²) in [6.45, 7) is 1.86. The molecule has 1 aliphatic rings. The van der Waals surface area contributed by atoms with Crippen LogP contribution in [0.1, 0.15) is 29.0 Å². The topological polar surface area (TPSA) is 67.2 Å². The molecule has 0 bridgehead atoms. The SMILES string of the molecule is CSCc1nc2ccccc2n1CC(=O)Nc1ccc(C(=O)N2CCCC2)cc1. The number of carbonyl (C=O) groups excluding carboxylic acids is 2. The number of amides is 2. The van der Waals surface area contributed by atoms with E-state index in [1.165, 1.54) is 0 Å². The first-order valence-electron chi connectivity index (χ1n) is 9.78. The molecule has 4 rings (SSSR count). The molecular weight excluding hydrogens is 384 g/mol. The number of hydrogen-bond donors (Lipinski definition) is 1. The maximum Gasteiger partial charge on any atom is 0.253 e. The van der Waals surface area contributed by atoms with Gasteiger partial charge in [-0.25, -0.2) is 4.98 Å². The number of benzene rings is 2. The smallest absolute Gasteiger partial charge is 0.253 e. The minimum absolute atomic E-state index is 0.0620. The van der Waals surface area contributed by atoms with E-state index in [9.17, 15) is 9.59 Å². The number of likely N-dealkylation sites (tertiary alicyclic amines) is 1. The fraction of sp³-hybridized carbons (Fsp3) is 0.318. The van der Waals surface area contributed by atoms with Crippen LogP contribution >= 0.6 is 11.8 Å². The van der Waals surface area contributed by atoms with Gasteiger partial charge in [-0.1, -0.05) is 12.1 Å². The summed E-state index contributed by atoms with van der Waals surface area (Å²) in [6, 6.07) is 15.0. The standard InChI is InChI=1S/C22H24N4O2S/c1-29-15-20-24-18-6-2-3-7-19(18)26(20)14-21(27)23-17-10-8-16(9-11-17)22(28)25-12-4-5-13-25/h2-3,6-11H,4-5,12-15H2,1H3,(H,23,27). The fourth-order valence-corrected chi connectivity index (χ4v) is 4.16. The number of nitrogens with zero attached hydrogens (tertiary/aromatic N) is 3. The first kappa shape index (κ1) is 19.5. The second-order valence-electron chi connectivity index (χ2n) is 7.16. The van der Waals surface area contributed by atoms with Gasteiger partial charge in [0.05, 0.1) is 16.8 Å². The van der Waals surface area contributed by atoms with E-state index in [2.05, 4.69) is 10.3 Å². The third-order valence-corrected chi connectivity index (χ3v) is 5.66. The minimum atomic E-state index is -0.117. The molecule has 0 unspecified atom stereocenters. The first-order chi connectivity index (χ1) is 14.2. The summed E-state index contributed by atoms with van der Waals surface area (Å²) in [7, 11) is 0. The van der Waals surface area contributed by atoms with Gasteiger partial charge in [0, 0.05) is 24.3 Å². The largest absolute Gasteiger partial charge is 0.339 e. The van der Waals surface area contributed by atoms with Crippen molar-refractivity contribution in [2.45, 2.75) is 25.1 Å². The molecule has 1 fully saturated rings. The Morgan fingerprint density at radius 3 is 2.52 bits per heavy atom. The minimum Gasteiger partial charge on any atom is -0.339 e. The van der Waals surface area contributed by atoms with E-state index in [0.29, 0.717) is 11.3 Å². The highest BCUT2D eigenvalue weighted by Crippen LogP contribution is 2.20. The number of thioether (sulfide) groups is 1. The maximum absolute atomic E-state index is 12.7. The highest BCUT2D eigenvalue weighted by Gasteiger charge is 2.19. The van der Waals surface area contributed by atoms with Crippen LogP contribution in [0.25, 0.3) is 11.0 Å². The highest BCUT2D eigenvalue weighted by atomic mass is 32.2. The Morgan fingerprint density at radius 1 is 1.07 bits per heavy atom.